The van der Waals surface area contributed by atoms with Gasteiger partial charge < -0.3 is 9.90 Å². The third kappa shape index (κ3) is 4.22. The average molecular weight is 381 g/mol. The van der Waals surface area contributed by atoms with Crippen molar-refractivity contribution in [3.63, 3.8) is 0 Å². The Morgan fingerprint density at radius 3 is 2.24 bits per heavy atom. The number of anilines is 1. The van der Waals surface area contributed by atoms with E-state index in [1.807, 2.05) is 71.5 Å². The van der Waals surface area contributed by atoms with Crippen molar-refractivity contribution in [2.45, 2.75) is 0 Å². The molecule has 0 aliphatic rings. The number of hydrazone groups is 1. The lowest BCUT2D eigenvalue weighted by Crippen LogP contribution is -2.21. The van der Waals surface area contributed by atoms with Crippen LogP contribution in [0.4, 0.5) is 5.69 Å². The third-order valence-electron chi connectivity index (χ3n) is 4.33. The van der Waals surface area contributed by atoms with E-state index in [0.29, 0.717) is 5.69 Å². The molecule has 0 aliphatic carbocycles. The van der Waals surface area contributed by atoms with Crippen molar-refractivity contribution in [3.8, 4) is 16.9 Å². The summed E-state index contributed by atoms with van der Waals surface area (Å²) in [5, 5.41) is 19.9. The Labute approximate surface area is 167 Å². The van der Waals surface area contributed by atoms with Gasteiger partial charge in [0.1, 0.15) is 5.69 Å². The maximum atomic E-state index is 10.8. The van der Waals surface area contributed by atoms with Crippen molar-refractivity contribution >= 4 is 17.9 Å². The lowest BCUT2D eigenvalue weighted by Gasteiger charge is -2.04. The molecule has 0 radical (unpaired) electrons. The summed E-state index contributed by atoms with van der Waals surface area (Å²) in [4.78, 5) is 10.8. The number of para-hydroxylation sites is 1. The SMILES string of the molecule is O=C([O-])c1ccc(N/N=C\c2cn(-c3ccccc3)nc2-c2ccccc2)cc1. The number of aromatic carboxylic acids is 1. The minimum absolute atomic E-state index is 0.120. The Morgan fingerprint density at radius 1 is 0.931 bits per heavy atom. The van der Waals surface area contributed by atoms with Crippen molar-refractivity contribution in [1.82, 2.24) is 9.78 Å². The lowest BCUT2D eigenvalue weighted by atomic mass is 10.1. The number of nitrogens with one attached hydrogen (secondary N) is 1. The van der Waals surface area contributed by atoms with E-state index in [0.717, 1.165) is 22.5 Å². The fourth-order valence-corrected chi connectivity index (χ4v) is 2.87. The standard InChI is InChI=1S/C23H18N4O2/c28-23(29)18-11-13-20(14-12-18)25-24-15-19-16-27(21-9-5-2-6-10-21)26-22(19)17-7-3-1-4-8-17/h1-16,25H,(H,28,29)/p-1/b24-15-. The van der Waals surface area contributed by atoms with Gasteiger partial charge in [0, 0.05) is 17.3 Å². The fraction of sp³-hybridized carbons (Fsp3) is 0. The van der Waals surface area contributed by atoms with Crippen LogP contribution in [0.1, 0.15) is 15.9 Å². The van der Waals surface area contributed by atoms with Gasteiger partial charge in [-0.15, -0.1) is 0 Å². The van der Waals surface area contributed by atoms with Crippen molar-refractivity contribution in [1.29, 1.82) is 0 Å². The molecular weight excluding hydrogens is 364 g/mol. The van der Waals surface area contributed by atoms with E-state index >= 15 is 0 Å². The quantitative estimate of drug-likeness (QED) is 0.410. The molecule has 0 bridgehead atoms. The Morgan fingerprint density at radius 2 is 1.59 bits per heavy atom. The molecular formula is C23H17N4O2-. The summed E-state index contributed by atoms with van der Waals surface area (Å²) in [6.45, 7) is 0. The fourth-order valence-electron chi connectivity index (χ4n) is 2.87. The number of benzene rings is 3. The molecule has 0 saturated heterocycles. The molecule has 3 aromatic carbocycles. The number of nitrogens with zero attached hydrogens (tertiary/aromatic N) is 3. The zero-order valence-electron chi connectivity index (χ0n) is 15.4. The largest absolute Gasteiger partial charge is 0.545 e. The van der Waals surface area contributed by atoms with Gasteiger partial charge in [0.05, 0.1) is 23.6 Å². The van der Waals surface area contributed by atoms with Crippen molar-refractivity contribution in [2.24, 2.45) is 5.10 Å². The number of carbonyl (C=O) groups excluding carboxylic acids is 1. The molecule has 0 spiro atoms. The first-order chi connectivity index (χ1) is 14.2. The summed E-state index contributed by atoms with van der Waals surface area (Å²) in [6.07, 6.45) is 3.61. The van der Waals surface area contributed by atoms with E-state index in [4.69, 9.17) is 5.10 Å². The molecule has 142 valence electrons. The number of carboxylic acids is 1. The highest BCUT2D eigenvalue weighted by Gasteiger charge is 2.10. The van der Waals surface area contributed by atoms with E-state index in [-0.39, 0.29) is 5.56 Å². The van der Waals surface area contributed by atoms with Gasteiger partial charge in [-0.25, -0.2) is 4.68 Å². The van der Waals surface area contributed by atoms with E-state index in [9.17, 15) is 9.90 Å². The number of hydrogen-bond donors (Lipinski definition) is 1. The molecule has 1 aromatic heterocycles. The predicted molar refractivity (Wildman–Crippen MR) is 111 cm³/mol. The van der Waals surface area contributed by atoms with Gasteiger partial charge in [-0.3, -0.25) is 5.43 Å². The summed E-state index contributed by atoms with van der Waals surface area (Å²) in [6, 6.07) is 26.0. The minimum Gasteiger partial charge on any atom is -0.545 e. The normalized spacial score (nSPS) is 10.9. The van der Waals surface area contributed by atoms with E-state index < -0.39 is 5.97 Å². The third-order valence-corrected chi connectivity index (χ3v) is 4.33. The van der Waals surface area contributed by atoms with Gasteiger partial charge in [0.2, 0.25) is 0 Å². The first-order valence-electron chi connectivity index (χ1n) is 9.02. The molecule has 4 rings (SSSR count). The first-order valence-corrected chi connectivity index (χ1v) is 9.02. The van der Waals surface area contributed by atoms with Crippen molar-refractivity contribution in [2.75, 3.05) is 5.43 Å². The van der Waals surface area contributed by atoms with Gasteiger partial charge in [0.15, 0.2) is 0 Å². The molecule has 0 aliphatic heterocycles. The summed E-state index contributed by atoms with van der Waals surface area (Å²) in [5.74, 6) is -1.21. The van der Waals surface area contributed by atoms with Crippen LogP contribution < -0.4 is 10.5 Å². The Balaban J connectivity index is 1.62. The van der Waals surface area contributed by atoms with Crippen LogP contribution in [0.5, 0.6) is 0 Å². The molecule has 0 amide bonds. The number of rotatable bonds is 6. The van der Waals surface area contributed by atoms with Crippen LogP contribution in [0.3, 0.4) is 0 Å². The maximum absolute atomic E-state index is 10.8. The summed E-state index contributed by atoms with van der Waals surface area (Å²) in [5.41, 5.74) is 7.30. The van der Waals surface area contributed by atoms with Crippen molar-refractivity contribution < 1.29 is 9.90 Å². The second-order valence-electron chi connectivity index (χ2n) is 6.31. The Kier molecular flexibility index (Phi) is 5.16. The first kappa shape index (κ1) is 18.2. The number of carbonyl (C=O) groups is 1. The molecule has 0 saturated carbocycles. The van der Waals surface area contributed by atoms with Crippen LogP contribution in [0.25, 0.3) is 16.9 Å². The monoisotopic (exact) mass is 381 g/mol. The van der Waals surface area contributed by atoms with Gasteiger partial charge in [-0.05, 0) is 29.8 Å². The summed E-state index contributed by atoms with van der Waals surface area (Å²) in [7, 11) is 0. The maximum Gasteiger partial charge on any atom is 0.102 e. The molecule has 0 unspecified atom stereocenters. The molecule has 4 aromatic rings. The van der Waals surface area contributed by atoms with Crippen LogP contribution in [0.2, 0.25) is 0 Å². The average Bonchev–Trinajstić information content (AvgIpc) is 3.19. The zero-order valence-corrected chi connectivity index (χ0v) is 15.4. The van der Waals surface area contributed by atoms with Gasteiger partial charge in [-0.1, -0.05) is 60.7 Å². The number of carboxylic acid groups (broad SMARTS) is 1. The molecule has 6 heteroatoms. The molecule has 0 atom stereocenters. The molecule has 29 heavy (non-hydrogen) atoms. The highest BCUT2D eigenvalue weighted by atomic mass is 16.4. The van der Waals surface area contributed by atoms with E-state index in [2.05, 4.69) is 10.5 Å². The Bertz CT molecular complexity index is 1130. The second kappa shape index (κ2) is 8.22. The van der Waals surface area contributed by atoms with Crippen molar-refractivity contribution in [3.05, 3.63) is 102 Å². The number of hydrogen-bond acceptors (Lipinski definition) is 5. The van der Waals surface area contributed by atoms with Crippen LogP contribution in [0, 0.1) is 0 Å². The molecule has 6 nitrogen and oxygen atoms in total. The van der Waals surface area contributed by atoms with E-state index in [1.54, 1.807) is 18.3 Å². The van der Waals surface area contributed by atoms with E-state index in [1.165, 1.54) is 12.1 Å². The van der Waals surface area contributed by atoms with Crippen LogP contribution in [0.15, 0.2) is 96.2 Å². The molecule has 1 N–H and O–H groups in total. The zero-order chi connectivity index (χ0) is 20.1. The second-order valence-corrected chi connectivity index (χ2v) is 6.31. The number of aromatic nitrogens is 2. The highest BCUT2D eigenvalue weighted by molar-refractivity contribution is 5.89. The van der Waals surface area contributed by atoms with Crippen LogP contribution >= 0.6 is 0 Å². The topological polar surface area (TPSA) is 82.3 Å². The lowest BCUT2D eigenvalue weighted by molar-refractivity contribution is -0.255. The Hall–Kier alpha value is -4.19. The summed E-state index contributed by atoms with van der Waals surface area (Å²) >= 11 is 0. The molecule has 0 fully saturated rings. The van der Waals surface area contributed by atoms with Gasteiger partial charge in [0.25, 0.3) is 0 Å². The highest BCUT2D eigenvalue weighted by Crippen LogP contribution is 2.22. The van der Waals surface area contributed by atoms with Gasteiger partial charge >= 0.3 is 0 Å². The smallest absolute Gasteiger partial charge is 0.102 e. The van der Waals surface area contributed by atoms with Crippen LogP contribution in [-0.2, 0) is 0 Å². The minimum atomic E-state index is -1.21. The molecule has 1 heterocycles. The van der Waals surface area contributed by atoms with Crippen LogP contribution in [-0.4, -0.2) is 22.0 Å². The van der Waals surface area contributed by atoms with Gasteiger partial charge in [-0.2, -0.15) is 10.2 Å². The summed E-state index contributed by atoms with van der Waals surface area (Å²) < 4.78 is 1.82. The predicted octanol–water partition coefficient (Wildman–Crippen LogP) is 3.35.